The van der Waals surface area contributed by atoms with Gasteiger partial charge in [0.05, 0.1) is 17.8 Å². The second-order valence-corrected chi connectivity index (χ2v) is 7.43. The monoisotopic (exact) mass is 406 g/mol. The number of ether oxygens (including phenoxy) is 1. The van der Waals surface area contributed by atoms with Crippen LogP contribution in [0.1, 0.15) is 5.56 Å². The fourth-order valence-electron chi connectivity index (χ4n) is 4.03. The van der Waals surface area contributed by atoms with Gasteiger partial charge in [-0.05, 0) is 42.0 Å². The zero-order valence-electron chi connectivity index (χ0n) is 16.6. The fourth-order valence-corrected chi connectivity index (χ4v) is 4.03. The van der Waals surface area contributed by atoms with Gasteiger partial charge in [0.25, 0.3) is 0 Å². The Bertz CT molecular complexity index is 1410. The zero-order chi connectivity index (χ0) is 20.8. The number of hydrogen-bond donors (Lipinski definition) is 1. The lowest BCUT2D eigenvalue weighted by molar-refractivity contribution is 0.326. The molecular formula is C24H18N6O. The fraction of sp³-hybridized carbons (Fsp3) is 0.0833. The van der Waals surface area contributed by atoms with Crippen LogP contribution in [0, 0.1) is 0 Å². The number of aromatic nitrogens is 5. The van der Waals surface area contributed by atoms with E-state index in [4.69, 9.17) is 10.5 Å². The van der Waals surface area contributed by atoms with Gasteiger partial charge in [-0.1, -0.05) is 6.07 Å². The van der Waals surface area contributed by atoms with Crippen molar-refractivity contribution in [2.75, 3.05) is 12.3 Å². The molecule has 1 aliphatic heterocycles. The molecule has 1 aliphatic rings. The van der Waals surface area contributed by atoms with Gasteiger partial charge in [0.15, 0.2) is 0 Å². The second-order valence-electron chi connectivity index (χ2n) is 7.43. The Hall–Kier alpha value is -4.26. The number of pyridine rings is 2. The first-order chi connectivity index (χ1) is 15.3. The standard InChI is InChI=1S/C24H18N6O/c25-24-28-12-16-7-10-31-21-11-15(5-6-19(21)22(16)29-24)18-4-2-9-27-23(18)30-13-17-3-1-8-26-20(17)14-30/h1-6,8-9,11-14H,7,10H2,(H2,25,28,29). The van der Waals surface area contributed by atoms with E-state index in [0.717, 1.165) is 56.8 Å². The van der Waals surface area contributed by atoms with Gasteiger partial charge in [0, 0.05) is 59.5 Å². The summed E-state index contributed by atoms with van der Waals surface area (Å²) in [5.74, 6) is 1.88. The minimum absolute atomic E-state index is 0.263. The van der Waals surface area contributed by atoms with Gasteiger partial charge in [0.1, 0.15) is 11.6 Å². The van der Waals surface area contributed by atoms with Gasteiger partial charge >= 0.3 is 0 Å². The lowest BCUT2D eigenvalue weighted by Gasteiger charge is -2.13. The maximum atomic E-state index is 6.08. The molecule has 0 saturated heterocycles. The van der Waals surface area contributed by atoms with Crippen LogP contribution in [-0.2, 0) is 6.42 Å². The number of rotatable bonds is 2. The smallest absolute Gasteiger partial charge is 0.220 e. The molecule has 6 rings (SSSR count). The van der Waals surface area contributed by atoms with Crippen molar-refractivity contribution in [2.45, 2.75) is 6.42 Å². The van der Waals surface area contributed by atoms with Crippen LogP contribution in [0.3, 0.4) is 0 Å². The molecule has 0 saturated carbocycles. The maximum Gasteiger partial charge on any atom is 0.220 e. The average Bonchev–Trinajstić information content (AvgIpc) is 3.16. The Morgan fingerprint density at radius 3 is 2.77 bits per heavy atom. The molecule has 0 radical (unpaired) electrons. The number of benzene rings is 1. The topological polar surface area (TPSA) is 91.7 Å². The third kappa shape index (κ3) is 2.98. The number of anilines is 1. The van der Waals surface area contributed by atoms with Crippen LogP contribution in [-0.4, -0.2) is 31.1 Å². The van der Waals surface area contributed by atoms with Gasteiger partial charge in [-0.15, -0.1) is 0 Å². The van der Waals surface area contributed by atoms with E-state index in [1.54, 1.807) is 18.6 Å². The molecule has 0 fully saturated rings. The molecule has 0 amide bonds. The summed E-state index contributed by atoms with van der Waals surface area (Å²) in [7, 11) is 0. The second kappa shape index (κ2) is 6.91. The largest absolute Gasteiger partial charge is 0.493 e. The summed E-state index contributed by atoms with van der Waals surface area (Å²) in [6.45, 7) is 0.561. The third-order valence-electron chi connectivity index (χ3n) is 5.50. The van der Waals surface area contributed by atoms with Gasteiger partial charge < -0.3 is 15.0 Å². The molecule has 2 N–H and O–H groups in total. The SMILES string of the molecule is Nc1ncc2c(n1)-c1ccc(-c3cccnc3-n3cc4cccnc4c3)cc1OCC2. The molecule has 150 valence electrons. The van der Waals surface area contributed by atoms with Crippen LogP contribution < -0.4 is 10.5 Å². The number of nitrogens with zero attached hydrogens (tertiary/aromatic N) is 5. The molecule has 0 aliphatic carbocycles. The van der Waals surface area contributed by atoms with Gasteiger partial charge in [-0.2, -0.15) is 0 Å². The summed E-state index contributed by atoms with van der Waals surface area (Å²) in [5, 5.41) is 1.07. The highest BCUT2D eigenvalue weighted by atomic mass is 16.5. The quantitative estimate of drug-likeness (QED) is 0.475. The summed E-state index contributed by atoms with van der Waals surface area (Å²) in [6.07, 6.45) is 10.2. The molecule has 0 spiro atoms. The van der Waals surface area contributed by atoms with E-state index in [9.17, 15) is 0 Å². The maximum absolute atomic E-state index is 6.08. The van der Waals surface area contributed by atoms with Crippen molar-refractivity contribution in [2.24, 2.45) is 0 Å². The summed E-state index contributed by atoms with van der Waals surface area (Å²) >= 11 is 0. The summed E-state index contributed by atoms with van der Waals surface area (Å²) < 4.78 is 8.10. The normalized spacial score (nSPS) is 12.6. The van der Waals surface area contributed by atoms with Crippen LogP contribution in [0.5, 0.6) is 5.75 Å². The average molecular weight is 406 g/mol. The van der Waals surface area contributed by atoms with Crippen LogP contribution >= 0.6 is 0 Å². The van der Waals surface area contributed by atoms with Gasteiger partial charge in [0.2, 0.25) is 5.95 Å². The molecule has 0 bridgehead atoms. The Balaban J connectivity index is 1.49. The predicted octanol–water partition coefficient (Wildman–Crippen LogP) is 4.06. The molecule has 7 nitrogen and oxygen atoms in total. The molecular weight excluding hydrogens is 388 g/mol. The highest BCUT2D eigenvalue weighted by Gasteiger charge is 2.19. The molecule has 5 heterocycles. The summed E-state index contributed by atoms with van der Waals surface area (Å²) in [6, 6.07) is 14.1. The molecule has 4 aromatic heterocycles. The Morgan fingerprint density at radius 2 is 1.84 bits per heavy atom. The molecule has 7 heteroatoms. The first-order valence-electron chi connectivity index (χ1n) is 10.0. The van der Waals surface area contributed by atoms with Crippen LogP contribution in [0.25, 0.3) is 39.1 Å². The van der Waals surface area contributed by atoms with Crippen molar-refractivity contribution in [1.82, 2.24) is 24.5 Å². The summed E-state index contributed by atoms with van der Waals surface area (Å²) in [4.78, 5) is 17.7. The highest BCUT2D eigenvalue weighted by Crippen LogP contribution is 2.38. The van der Waals surface area contributed by atoms with Crippen LogP contribution in [0.2, 0.25) is 0 Å². The third-order valence-corrected chi connectivity index (χ3v) is 5.50. The number of nitrogen functional groups attached to an aromatic ring is 1. The van der Waals surface area contributed by atoms with E-state index in [-0.39, 0.29) is 5.95 Å². The van der Waals surface area contributed by atoms with E-state index in [1.807, 2.05) is 47.3 Å². The number of nitrogens with two attached hydrogens (primary N) is 1. The first kappa shape index (κ1) is 17.6. The Labute approximate surface area is 178 Å². The molecule has 5 aromatic rings. The van der Waals surface area contributed by atoms with E-state index in [1.165, 1.54) is 0 Å². The van der Waals surface area contributed by atoms with Gasteiger partial charge in [-0.3, -0.25) is 4.98 Å². The predicted molar refractivity (Wildman–Crippen MR) is 119 cm³/mol. The first-order valence-corrected chi connectivity index (χ1v) is 10.0. The molecule has 1 aromatic carbocycles. The zero-order valence-corrected chi connectivity index (χ0v) is 16.6. The number of hydrogen-bond acceptors (Lipinski definition) is 6. The van der Waals surface area contributed by atoms with Crippen molar-refractivity contribution < 1.29 is 4.74 Å². The minimum Gasteiger partial charge on any atom is -0.493 e. The van der Waals surface area contributed by atoms with E-state index in [0.29, 0.717) is 6.61 Å². The lowest BCUT2D eigenvalue weighted by atomic mass is 10.00. The molecule has 0 unspecified atom stereocenters. The van der Waals surface area contributed by atoms with Crippen LogP contribution in [0.15, 0.2) is 73.4 Å². The lowest BCUT2D eigenvalue weighted by Crippen LogP contribution is -2.01. The van der Waals surface area contributed by atoms with E-state index >= 15 is 0 Å². The highest BCUT2D eigenvalue weighted by molar-refractivity contribution is 5.82. The Morgan fingerprint density at radius 1 is 0.935 bits per heavy atom. The molecule has 31 heavy (non-hydrogen) atoms. The van der Waals surface area contributed by atoms with E-state index in [2.05, 4.69) is 32.1 Å². The van der Waals surface area contributed by atoms with Crippen molar-refractivity contribution in [1.29, 1.82) is 0 Å². The minimum atomic E-state index is 0.263. The number of fused-ring (bicyclic) bond motifs is 4. The van der Waals surface area contributed by atoms with Crippen molar-refractivity contribution in [3.63, 3.8) is 0 Å². The van der Waals surface area contributed by atoms with Gasteiger partial charge in [-0.25, -0.2) is 15.0 Å². The Kier molecular flexibility index (Phi) is 3.92. The van der Waals surface area contributed by atoms with Crippen LogP contribution in [0.4, 0.5) is 5.95 Å². The summed E-state index contributed by atoms with van der Waals surface area (Å²) in [5.41, 5.74) is 11.6. The van der Waals surface area contributed by atoms with Crippen molar-refractivity contribution in [3.8, 4) is 34.0 Å². The van der Waals surface area contributed by atoms with E-state index < -0.39 is 0 Å². The molecule has 0 atom stereocenters. The van der Waals surface area contributed by atoms with Crippen molar-refractivity contribution >= 4 is 16.9 Å². The van der Waals surface area contributed by atoms with Crippen molar-refractivity contribution in [3.05, 3.63) is 79.0 Å².